The predicted octanol–water partition coefficient (Wildman–Crippen LogP) is 1.24. The van der Waals surface area contributed by atoms with Gasteiger partial charge in [-0.2, -0.15) is 0 Å². The standard InChI is InChI=1S/C10H14N4/c1-3-5-14(6-4-2)10-8-12-7-9(11)13-10/h3-4,7-8H,1-2,5-6H2,(H2,11,13). The second kappa shape index (κ2) is 5.01. The average Bonchev–Trinajstić information content (AvgIpc) is 2.17. The van der Waals surface area contributed by atoms with Crippen LogP contribution in [-0.4, -0.2) is 23.1 Å². The summed E-state index contributed by atoms with van der Waals surface area (Å²) in [5, 5.41) is 0. The average molecular weight is 190 g/mol. The molecular weight excluding hydrogens is 176 g/mol. The third-order valence-corrected chi connectivity index (χ3v) is 1.66. The monoisotopic (exact) mass is 190 g/mol. The van der Waals surface area contributed by atoms with Crippen molar-refractivity contribution >= 4 is 11.6 Å². The molecule has 0 aliphatic heterocycles. The number of nitrogens with zero attached hydrogens (tertiary/aromatic N) is 3. The van der Waals surface area contributed by atoms with Gasteiger partial charge in [0.25, 0.3) is 0 Å². The van der Waals surface area contributed by atoms with Gasteiger partial charge in [0.1, 0.15) is 11.6 Å². The minimum atomic E-state index is 0.417. The largest absolute Gasteiger partial charge is 0.382 e. The van der Waals surface area contributed by atoms with Crippen molar-refractivity contribution in [2.45, 2.75) is 0 Å². The van der Waals surface area contributed by atoms with Crippen LogP contribution in [0, 0.1) is 0 Å². The van der Waals surface area contributed by atoms with Crippen LogP contribution in [-0.2, 0) is 0 Å². The summed E-state index contributed by atoms with van der Waals surface area (Å²) in [7, 11) is 0. The van der Waals surface area contributed by atoms with Gasteiger partial charge in [-0.15, -0.1) is 13.2 Å². The lowest BCUT2D eigenvalue weighted by molar-refractivity contribution is 0.919. The summed E-state index contributed by atoms with van der Waals surface area (Å²) in [6, 6.07) is 0. The predicted molar refractivity (Wildman–Crippen MR) is 59.1 cm³/mol. The third-order valence-electron chi connectivity index (χ3n) is 1.66. The number of rotatable bonds is 5. The SMILES string of the molecule is C=CCN(CC=C)c1cncc(N)n1. The molecule has 2 N–H and O–H groups in total. The summed E-state index contributed by atoms with van der Waals surface area (Å²) in [6.07, 6.45) is 6.79. The van der Waals surface area contributed by atoms with Crippen molar-refractivity contribution in [3.05, 3.63) is 37.7 Å². The summed E-state index contributed by atoms with van der Waals surface area (Å²) >= 11 is 0. The Hall–Kier alpha value is -1.84. The first-order valence-electron chi connectivity index (χ1n) is 4.32. The molecule has 0 atom stereocenters. The van der Waals surface area contributed by atoms with E-state index < -0.39 is 0 Å². The first-order valence-corrected chi connectivity index (χ1v) is 4.32. The second-order valence-electron chi connectivity index (χ2n) is 2.78. The first-order chi connectivity index (χ1) is 6.77. The minimum absolute atomic E-state index is 0.417. The van der Waals surface area contributed by atoms with Crippen LogP contribution in [0.5, 0.6) is 0 Å². The van der Waals surface area contributed by atoms with Gasteiger partial charge in [0.15, 0.2) is 0 Å². The molecule has 14 heavy (non-hydrogen) atoms. The maximum atomic E-state index is 5.54. The lowest BCUT2D eigenvalue weighted by atomic mass is 10.4. The van der Waals surface area contributed by atoms with Gasteiger partial charge in [0.05, 0.1) is 12.4 Å². The topological polar surface area (TPSA) is 55.0 Å². The number of nitrogens with two attached hydrogens (primary N) is 1. The van der Waals surface area contributed by atoms with E-state index >= 15 is 0 Å². The molecule has 0 radical (unpaired) electrons. The van der Waals surface area contributed by atoms with Crippen molar-refractivity contribution in [3.63, 3.8) is 0 Å². The van der Waals surface area contributed by atoms with Crippen LogP contribution in [0.4, 0.5) is 11.6 Å². The van der Waals surface area contributed by atoms with Crippen molar-refractivity contribution in [3.8, 4) is 0 Å². The van der Waals surface area contributed by atoms with E-state index in [4.69, 9.17) is 5.73 Å². The third kappa shape index (κ3) is 2.58. The van der Waals surface area contributed by atoms with Gasteiger partial charge in [-0.05, 0) is 0 Å². The van der Waals surface area contributed by atoms with Crippen molar-refractivity contribution in [2.75, 3.05) is 23.7 Å². The molecular formula is C10H14N4. The zero-order valence-corrected chi connectivity index (χ0v) is 8.06. The Morgan fingerprint density at radius 1 is 1.29 bits per heavy atom. The van der Waals surface area contributed by atoms with Crippen molar-refractivity contribution < 1.29 is 0 Å². The minimum Gasteiger partial charge on any atom is -0.382 e. The Labute approximate surface area is 83.8 Å². The van der Waals surface area contributed by atoms with Gasteiger partial charge in [-0.1, -0.05) is 12.2 Å². The van der Waals surface area contributed by atoms with E-state index in [1.165, 1.54) is 6.20 Å². The Bertz CT molecular complexity index is 312. The zero-order valence-electron chi connectivity index (χ0n) is 8.06. The Balaban J connectivity index is 2.85. The highest BCUT2D eigenvalue weighted by atomic mass is 15.2. The van der Waals surface area contributed by atoms with E-state index in [1.807, 2.05) is 4.90 Å². The Morgan fingerprint density at radius 3 is 2.43 bits per heavy atom. The molecule has 74 valence electrons. The van der Waals surface area contributed by atoms with Crippen LogP contribution < -0.4 is 10.6 Å². The molecule has 0 aliphatic carbocycles. The van der Waals surface area contributed by atoms with Crippen molar-refractivity contribution in [1.82, 2.24) is 9.97 Å². The van der Waals surface area contributed by atoms with Crippen LogP contribution in [0.15, 0.2) is 37.7 Å². The molecule has 0 fully saturated rings. The highest BCUT2D eigenvalue weighted by Crippen LogP contribution is 2.09. The molecule has 0 aliphatic rings. The van der Waals surface area contributed by atoms with Gasteiger partial charge in [-0.25, -0.2) is 4.98 Å². The lowest BCUT2D eigenvalue weighted by Gasteiger charge is -2.19. The number of hydrogen-bond donors (Lipinski definition) is 1. The van der Waals surface area contributed by atoms with E-state index in [9.17, 15) is 0 Å². The number of aromatic nitrogens is 2. The summed E-state index contributed by atoms with van der Waals surface area (Å²) in [6.45, 7) is 8.75. The van der Waals surface area contributed by atoms with Crippen LogP contribution >= 0.6 is 0 Å². The van der Waals surface area contributed by atoms with E-state index in [-0.39, 0.29) is 0 Å². The molecule has 0 amide bonds. The molecule has 0 saturated carbocycles. The zero-order chi connectivity index (χ0) is 10.4. The fraction of sp³-hybridized carbons (Fsp3) is 0.200. The summed E-state index contributed by atoms with van der Waals surface area (Å²) in [5.74, 6) is 1.16. The quantitative estimate of drug-likeness (QED) is 0.710. The van der Waals surface area contributed by atoms with Crippen molar-refractivity contribution in [1.29, 1.82) is 0 Å². The van der Waals surface area contributed by atoms with Crippen LogP contribution in [0.25, 0.3) is 0 Å². The van der Waals surface area contributed by atoms with Gasteiger partial charge in [0.2, 0.25) is 0 Å². The smallest absolute Gasteiger partial charge is 0.150 e. The van der Waals surface area contributed by atoms with E-state index in [0.29, 0.717) is 18.9 Å². The molecule has 0 unspecified atom stereocenters. The molecule has 0 spiro atoms. The van der Waals surface area contributed by atoms with Gasteiger partial charge in [0, 0.05) is 13.1 Å². The molecule has 1 aromatic rings. The fourth-order valence-corrected chi connectivity index (χ4v) is 1.10. The van der Waals surface area contributed by atoms with Gasteiger partial charge < -0.3 is 10.6 Å². The molecule has 0 bridgehead atoms. The van der Waals surface area contributed by atoms with E-state index in [0.717, 1.165) is 5.82 Å². The number of hydrogen-bond acceptors (Lipinski definition) is 4. The molecule has 4 nitrogen and oxygen atoms in total. The van der Waals surface area contributed by atoms with Crippen LogP contribution in [0.1, 0.15) is 0 Å². The Morgan fingerprint density at radius 2 is 1.93 bits per heavy atom. The van der Waals surface area contributed by atoms with E-state index in [2.05, 4.69) is 23.1 Å². The fourth-order valence-electron chi connectivity index (χ4n) is 1.10. The summed E-state index contributed by atoms with van der Waals surface area (Å²) in [5.41, 5.74) is 5.54. The van der Waals surface area contributed by atoms with E-state index in [1.54, 1.807) is 18.3 Å². The van der Waals surface area contributed by atoms with Crippen LogP contribution in [0.3, 0.4) is 0 Å². The number of anilines is 2. The highest BCUT2D eigenvalue weighted by Gasteiger charge is 2.04. The second-order valence-corrected chi connectivity index (χ2v) is 2.78. The normalized spacial score (nSPS) is 9.43. The molecule has 0 aromatic carbocycles. The maximum Gasteiger partial charge on any atom is 0.150 e. The van der Waals surface area contributed by atoms with Crippen molar-refractivity contribution in [2.24, 2.45) is 0 Å². The van der Waals surface area contributed by atoms with Gasteiger partial charge >= 0.3 is 0 Å². The maximum absolute atomic E-state index is 5.54. The van der Waals surface area contributed by atoms with Gasteiger partial charge in [-0.3, -0.25) is 4.98 Å². The first kappa shape index (κ1) is 10.2. The molecule has 1 aromatic heterocycles. The molecule has 1 rings (SSSR count). The molecule has 0 saturated heterocycles. The molecule has 4 heteroatoms. The lowest BCUT2D eigenvalue weighted by Crippen LogP contribution is -2.24. The summed E-state index contributed by atoms with van der Waals surface area (Å²) < 4.78 is 0. The summed E-state index contributed by atoms with van der Waals surface area (Å²) in [4.78, 5) is 10.1. The van der Waals surface area contributed by atoms with Crippen LogP contribution in [0.2, 0.25) is 0 Å². The number of nitrogen functional groups attached to an aromatic ring is 1. The Kier molecular flexibility index (Phi) is 3.67. The molecule has 1 heterocycles. The highest BCUT2D eigenvalue weighted by molar-refractivity contribution is 5.42.